The molecule has 2 saturated heterocycles. The van der Waals surface area contributed by atoms with Crippen molar-refractivity contribution in [1.82, 2.24) is 24.5 Å². The normalized spacial score (nSPS) is 27.0. The van der Waals surface area contributed by atoms with Gasteiger partial charge in [-0.15, -0.1) is 0 Å². The average Bonchev–Trinajstić information content (AvgIpc) is 3.77. The molecule has 2 unspecified atom stereocenters. The monoisotopic (exact) mass is 605 g/mol. The number of aromatic nitrogens is 2. The lowest BCUT2D eigenvalue weighted by Gasteiger charge is -2.37. The molecule has 5 aliphatic rings. The lowest BCUT2D eigenvalue weighted by molar-refractivity contribution is -0.159. The predicted molar refractivity (Wildman–Crippen MR) is 164 cm³/mol. The third-order valence-electron chi connectivity index (χ3n) is 11.3. The molecule has 44 heavy (non-hydrogen) atoms. The van der Waals surface area contributed by atoms with Crippen molar-refractivity contribution in [3.8, 4) is 0 Å². The summed E-state index contributed by atoms with van der Waals surface area (Å²) in [5.41, 5.74) is 4.98. The van der Waals surface area contributed by atoms with Gasteiger partial charge >= 0.3 is 0 Å². The molecule has 236 valence electrons. The van der Waals surface area contributed by atoms with Crippen LogP contribution in [0.15, 0.2) is 42.1 Å². The fraction of sp³-hybridized carbons (Fsp3) is 0.629. The van der Waals surface area contributed by atoms with Crippen LogP contribution in [0.5, 0.6) is 0 Å². The topological polar surface area (TPSA) is 61.7 Å². The Morgan fingerprint density at radius 3 is 2.45 bits per heavy atom. The molecule has 9 heteroatoms. The van der Waals surface area contributed by atoms with E-state index >= 15 is 0 Å². The highest BCUT2D eigenvalue weighted by atomic mass is 19.3. The minimum Gasteiger partial charge on any atom is -0.377 e. The van der Waals surface area contributed by atoms with Gasteiger partial charge in [0.1, 0.15) is 0 Å². The molecule has 2 aromatic rings. The van der Waals surface area contributed by atoms with Gasteiger partial charge in [0.2, 0.25) is 11.8 Å². The number of hydrogen-bond acceptors (Lipinski definition) is 4. The van der Waals surface area contributed by atoms with Crippen LogP contribution >= 0.6 is 0 Å². The molecule has 2 saturated carbocycles. The maximum atomic E-state index is 13.7. The van der Waals surface area contributed by atoms with Gasteiger partial charge in [0.05, 0.1) is 17.3 Å². The molecule has 1 aromatic heterocycles. The third kappa shape index (κ3) is 5.34. The third-order valence-corrected chi connectivity index (χ3v) is 11.3. The first-order chi connectivity index (χ1) is 21.1. The smallest absolute Gasteiger partial charge is 0.257 e. The van der Waals surface area contributed by atoms with Gasteiger partial charge in [0, 0.05) is 81.3 Å². The lowest BCUT2D eigenvalue weighted by atomic mass is 9.76. The highest BCUT2D eigenvalue weighted by molar-refractivity contribution is 5.97. The number of aryl methyl sites for hydroxylation is 1. The Hall–Kier alpha value is -3.23. The Labute approximate surface area is 259 Å². The van der Waals surface area contributed by atoms with Gasteiger partial charge in [-0.05, 0) is 50.7 Å². The molecule has 4 heterocycles. The van der Waals surface area contributed by atoms with Crippen molar-refractivity contribution in [2.45, 2.75) is 89.0 Å². The molecular weight excluding hydrogens is 560 g/mol. The molecule has 0 N–H and O–H groups in total. The first-order valence-corrected chi connectivity index (χ1v) is 16.6. The summed E-state index contributed by atoms with van der Waals surface area (Å²) >= 11 is 0. The van der Waals surface area contributed by atoms with E-state index in [4.69, 9.17) is 5.10 Å². The van der Waals surface area contributed by atoms with E-state index in [1.807, 2.05) is 34.9 Å². The van der Waals surface area contributed by atoms with E-state index in [9.17, 15) is 18.4 Å². The van der Waals surface area contributed by atoms with Crippen LogP contribution in [0.4, 0.5) is 8.78 Å². The van der Waals surface area contributed by atoms with Gasteiger partial charge in [0.15, 0.2) is 0 Å². The summed E-state index contributed by atoms with van der Waals surface area (Å²) in [6, 6.07) is 10.8. The molecule has 7 rings (SSSR count). The van der Waals surface area contributed by atoms with Crippen LogP contribution in [0, 0.1) is 25.7 Å². The highest BCUT2D eigenvalue weighted by Gasteiger charge is 2.52. The van der Waals surface area contributed by atoms with Crippen molar-refractivity contribution >= 4 is 11.8 Å². The number of alkyl halides is 2. The van der Waals surface area contributed by atoms with E-state index in [0.29, 0.717) is 31.6 Å². The first kappa shape index (κ1) is 29.5. The van der Waals surface area contributed by atoms with Crippen molar-refractivity contribution in [3.05, 3.63) is 64.6 Å². The van der Waals surface area contributed by atoms with Gasteiger partial charge < -0.3 is 14.7 Å². The highest BCUT2D eigenvalue weighted by Crippen LogP contribution is 2.46. The second-order valence-electron chi connectivity index (χ2n) is 14.2. The Morgan fingerprint density at radius 1 is 1.00 bits per heavy atom. The van der Waals surface area contributed by atoms with Gasteiger partial charge in [0.25, 0.3) is 5.91 Å². The Balaban J connectivity index is 0.998. The molecule has 0 radical (unpaired) electrons. The fourth-order valence-corrected chi connectivity index (χ4v) is 8.70. The number of fused-ring (bicyclic) bond motifs is 1. The number of halogens is 2. The zero-order chi connectivity index (χ0) is 30.6. The second kappa shape index (κ2) is 11.3. The summed E-state index contributed by atoms with van der Waals surface area (Å²) in [6.45, 7) is 8.37. The van der Waals surface area contributed by atoms with E-state index in [0.717, 1.165) is 62.3 Å². The standard InChI is InChI=1S/C35H45F2N5O2/c1-24-31(25(2)42(38-24)30-11-7-4-8-12-30)33(44)41-21-27-19-39(20-28(27)22-41)15-13-34(29-9-5-3-6-10-29)14-16-40(23-34)32(43)26-17-35(36,37)18-26/h3,5-6,9-10,19,26,28,30H,4,7-8,11-18,20-23H2,1-2H3. The first-order valence-electron chi connectivity index (χ1n) is 16.6. The summed E-state index contributed by atoms with van der Waals surface area (Å²) in [4.78, 5) is 33.1. The van der Waals surface area contributed by atoms with Gasteiger partial charge in [-0.3, -0.25) is 14.3 Å². The number of amides is 2. The molecule has 3 aliphatic heterocycles. The van der Waals surface area contributed by atoms with Crippen LogP contribution in [0.1, 0.15) is 91.1 Å². The number of rotatable bonds is 7. The van der Waals surface area contributed by atoms with Crippen LogP contribution in [-0.2, 0) is 10.2 Å². The summed E-state index contributed by atoms with van der Waals surface area (Å²) in [5.74, 6) is -2.90. The minimum absolute atomic E-state index is 0.104. The summed E-state index contributed by atoms with van der Waals surface area (Å²) in [6.07, 6.45) is 9.40. The maximum absolute atomic E-state index is 13.7. The SMILES string of the molecule is Cc1nn(C2CCCCC2)c(C)c1C(=O)N1CC2=CN(CCC3(c4ccccc4)CCN(C(=O)C4CC(F)(F)C4)C3)CC2C1. The molecule has 2 aliphatic carbocycles. The number of hydrogen-bond donors (Lipinski definition) is 0. The number of carbonyl (C=O) groups is 2. The van der Waals surface area contributed by atoms with E-state index in [1.54, 1.807) is 0 Å². The number of carbonyl (C=O) groups excluding carboxylic acids is 2. The van der Waals surface area contributed by atoms with E-state index in [1.165, 1.54) is 30.4 Å². The molecule has 0 bridgehead atoms. The van der Waals surface area contributed by atoms with Crippen molar-refractivity contribution in [2.24, 2.45) is 11.8 Å². The molecule has 7 nitrogen and oxygen atoms in total. The van der Waals surface area contributed by atoms with Crippen LogP contribution in [0.2, 0.25) is 0 Å². The minimum atomic E-state index is -2.69. The van der Waals surface area contributed by atoms with Crippen molar-refractivity contribution < 1.29 is 18.4 Å². The van der Waals surface area contributed by atoms with E-state index in [-0.39, 0.29) is 30.1 Å². The molecule has 1 aromatic carbocycles. The van der Waals surface area contributed by atoms with Gasteiger partial charge in [-0.25, -0.2) is 8.78 Å². The Kier molecular flexibility index (Phi) is 7.56. The lowest BCUT2D eigenvalue weighted by Crippen LogP contribution is -2.47. The van der Waals surface area contributed by atoms with Crippen molar-refractivity contribution in [1.29, 1.82) is 0 Å². The van der Waals surface area contributed by atoms with Crippen LogP contribution < -0.4 is 0 Å². The van der Waals surface area contributed by atoms with Gasteiger partial charge in [-0.2, -0.15) is 5.10 Å². The van der Waals surface area contributed by atoms with E-state index < -0.39 is 11.8 Å². The van der Waals surface area contributed by atoms with Crippen molar-refractivity contribution in [2.75, 3.05) is 39.3 Å². The number of benzene rings is 1. The summed E-state index contributed by atoms with van der Waals surface area (Å²) < 4.78 is 29.1. The quantitative estimate of drug-likeness (QED) is 0.396. The molecular formula is C35H45F2N5O2. The molecule has 2 amide bonds. The fourth-order valence-electron chi connectivity index (χ4n) is 8.70. The predicted octanol–water partition coefficient (Wildman–Crippen LogP) is 5.88. The summed E-state index contributed by atoms with van der Waals surface area (Å²) in [7, 11) is 0. The largest absolute Gasteiger partial charge is 0.377 e. The maximum Gasteiger partial charge on any atom is 0.257 e. The summed E-state index contributed by atoms with van der Waals surface area (Å²) in [5, 5.41) is 4.83. The number of nitrogens with zero attached hydrogens (tertiary/aromatic N) is 5. The zero-order valence-electron chi connectivity index (χ0n) is 26.1. The molecule has 4 fully saturated rings. The molecule has 2 atom stereocenters. The van der Waals surface area contributed by atoms with Crippen molar-refractivity contribution in [3.63, 3.8) is 0 Å². The van der Waals surface area contributed by atoms with Crippen LogP contribution in [0.3, 0.4) is 0 Å². The number of likely N-dealkylation sites (tertiary alicyclic amines) is 2. The van der Waals surface area contributed by atoms with E-state index in [2.05, 4.69) is 34.8 Å². The second-order valence-corrected chi connectivity index (χ2v) is 14.2. The Bertz CT molecular complexity index is 1440. The Morgan fingerprint density at radius 2 is 1.75 bits per heavy atom. The zero-order valence-corrected chi connectivity index (χ0v) is 26.1. The molecule has 0 spiro atoms. The average molecular weight is 606 g/mol. The van der Waals surface area contributed by atoms with Crippen LogP contribution in [-0.4, -0.2) is 81.5 Å². The van der Waals surface area contributed by atoms with Gasteiger partial charge in [-0.1, -0.05) is 49.6 Å². The van der Waals surface area contributed by atoms with Crippen LogP contribution in [0.25, 0.3) is 0 Å².